The molecule has 1 heterocycles. The van der Waals surface area contributed by atoms with Crippen molar-refractivity contribution in [1.82, 2.24) is 15.5 Å². The predicted molar refractivity (Wildman–Crippen MR) is 113 cm³/mol. The number of hydrogen-bond acceptors (Lipinski definition) is 3. The minimum absolute atomic E-state index is 0.0379. The maximum atomic E-state index is 12.6. The molecule has 0 spiro atoms. The van der Waals surface area contributed by atoms with Crippen LogP contribution in [0.3, 0.4) is 0 Å². The van der Waals surface area contributed by atoms with Crippen LogP contribution in [-0.2, 0) is 4.79 Å². The summed E-state index contributed by atoms with van der Waals surface area (Å²) in [5.74, 6) is -0.173. The normalized spacial score (nSPS) is 20.7. The number of aliphatic hydroxyl groups is 1. The highest BCUT2D eigenvalue weighted by molar-refractivity contribution is 5.77. The minimum atomic E-state index is -0.312. The van der Waals surface area contributed by atoms with Gasteiger partial charge in [-0.15, -0.1) is 0 Å². The van der Waals surface area contributed by atoms with Crippen LogP contribution in [0, 0.1) is 0 Å². The second-order valence-corrected chi connectivity index (χ2v) is 7.41. The number of carbonyl (C=O) groups is 2. The monoisotopic (exact) mass is 395 g/mol. The highest BCUT2D eigenvalue weighted by atomic mass is 16.3. The zero-order valence-corrected chi connectivity index (χ0v) is 17.0. The molecule has 1 fully saturated rings. The summed E-state index contributed by atoms with van der Waals surface area (Å²) in [6, 6.07) is 17.7. The molecule has 0 aliphatic carbocycles. The van der Waals surface area contributed by atoms with Crippen LogP contribution in [0.15, 0.2) is 54.6 Å². The number of nitrogens with one attached hydrogen (secondary N) is 2. The fourth-order valence-electron chi connectivity index (χ4n) is 4.02. The molecular formula is C23H29N3O3. The molecule has 1 aliphatic rings. The van der Waals surface area contributed by atoms with Crippen LogP contribution in [0.1, 0.15) is 31.7 Å². The molecule has 0 saturated carbocycles. The van der Waals surface area contributed by atoms with Crippen LogP contribution in [0.4, 0.5) is 4.79 Å². The second kappa shape index (κ2) is 9.56. The lowest BCUT2D eigenvalue weighted by molar-refractivity contribution is -0.119. The van der Waals surface area contributed by atoms with Gasteiger partial charge in [-0.1, -0.05) is 61.5 Å². The fraction of sp³-hybridized carbons (Fsp3) is 0.391. The Morgan fingerprint density at radius 1 is 0.966 bits per heavy atom. The minimum Gasteiger partial charge on any atom is -0.394 e. The lowest BCUT2D eigenvalue weighted by Gasteiger charge is -2.54. The van der Waals surface area contributed by atoms with Gasteiger partial charge in [0.15, 0.2) is 0 Å². The molecule has 0 unspecified atom stereocenters. The second-order valence-electron chi connectivity index (χ2n) is 7.41. The molecule has 3 atom stereocenters. The molecule has 0 bridgehead atoms. The number of hydrogen-bond donors (Lipinski definition) is 3. The maximum Gasteiger partial charge on any atom is 0.318 e. The molecule has 29 heavy (non-hydrogen) atoms. The van der Waals surface area contributed by atoms with E-state index in [0.717, 1.165) is 23.1 Å². The zero-order valence-electron chi connectivity index (χ0n) is 17.0. The van der Waals surface area contributed by atoms with Crippen molar-refractivity contribution in [3.63, 3.8) is 0 Å². The summed E-state index contributed by atoms with van der Waals surface area (Å²) in [5.41, 5.74) is 3.31. The van der Waals surface area contributed by atoms with Crippen molar-refractivity contribution in [3.05, 3.63) is 60.2 Å². The van der Waals surface area contributed by atoms with E-state index in [2.05, 4.69) is 47.0 Å². The summed E-state index contributed by atoms with van der Waals surface area (Å²) in [6.45, 7) is 4.27. The van der Waals surface area contributed by atoms with Crippen LogP contribution in [0.5, 0.6) is 0 Å². The van der Waals surface area contributed by atoms with E-state index in [1.54, 1.807) is 4.90 Å². The average molecular weight is 396 g/mol. The summed E-state index contributed by atoms with van der Waals surface area (Å²) in [6.07, 6.45) is 0.837. The van der Waals surface area contributed by atoms with Crippen molar-refractivity contribution < 1.29 is 14.7 Å². The topological polar surface area (TPSA) is 81.7 Å². The molecule has 3 rings (SSSR count). The van der Waals surface area contributed by atoms with Crippen LogP contribution in [-0.4, -0.2) is 53.7 Å². The first-order valence-corrected chi connectivity index (χ1v) is 10.1. The van der Waals surface area contributed by atoms with Crippen molar-refractivity contribution in [2.24, 2.45) is 0 Å². The van der Waals surface area contributed by atoms with Crippen molar-refractivity contribution in [3.8, 4) is 11.1 Å². The number of benzene rings is 2. The van der Waals surface area contributed by atoms with E-state index in [9.17, 15) is 14.7 Å². The van der Waals surface area contributed by atoms with Gasteiger partial charge in [0.2, 0.25) is 5.91 Å². The lowest BCUT2D eigenvalue weighted by atomic mass is 9.75. The molecule has 6 heteroatoms. The molecule has 2 aromatic carbocycles. The number of nitrogens with zero attached hydrogens (tertiary/aromatic N) is 1. The molecule has 1 saturated heterocycles. The van der Waals surface area contributed by atoms with Gasteiger partial charge in [0, 0.05) is 25.9 Å². The van der Waals surface area contributed by atoms with Gasteiger partial charge in [-0.3, -0.25) is 4.79 Å². The Morgan fingerprint density at radius 2 is 1.62 bits per heavy atom. The molecule has 154 valence electrons. The Morgan fingerprint density at radius 3 is 2.21 bits per heavy atom. The number of amides is 3. The van der Waals surface area contributed by atoms with E-state index >= 15 is 0 Å². The van der Waals surface area contributed by atoms with E-state index in [4.69, 9.17) is 0 Å². The fourth-order valence-corrected chi connectivity index (χ4v) is 4.02. The number of urea groups is 1. The third-order valence-electron chi connectivity index (χ3n) is 5.45. The molecular weight excluding hydrogens is 366 g/mol. The lowest BCUT2D eigenvalue weighted by Crippen LogP contribution is -2.70. The SMILES string of the molecule is CCCNC(=O)N1[C@H](CO)[C@H](c2ccc(-c3ccccc3)cc2)[C@@H]1CNC(C)=O. The van der Waals surface area contributed by atoms with E-state index in [1.807, 2.05) is 25.1 Å². The molecule has 0 aromatic heterocycles. The Kier molecular flexibility index (Phi) is 6.88. The number of aliphatic hydroxyl groups excluding tert-OH is 1. The Hall–Kier alpha value is -2.86. The standard InChI is InChI=1S/C23H29N3O3/c1-3-13-24-23(29)26-20(14-25-16(2)28)22(21(26)15-27)19-11-9-18(10-12-19)17-7-5-4-6-8-17/h4-12,20-22,27H,3,13-15H2,1-2H3,(H,24,29)(H,25,28)/t20-,21+,22+/m0/s1. The van der Waals surface area contributed by atoms with Gasteiger partial charge in [0.1, 0.15) is 0 Å². The van der Waals surface area contributed by atoms with Gasteiger partial charge in [0.05, 0.1) is 18.7 Å². The molecule has 3 amide bonds. The number of likely N-dealkylation sites (tertiary alicyclic amines) is 1. The summed E-state index contributed by atoms with van der Waals surface area (Å²) in [5, 5.41) is 15.7. The summed E-state index contributed by atoms with van der Waals surface area (Å²) < 4.78 is 0. The zero-order chi connectivity index (χ0) is 20.8. The molecule has 3 N–H and O–H groups in total. The van der Waals surface area contributed by atoms with Crippen molar-refractivity contribution in [2.45, 2.75) is 38.3 Å². The van der Waals surface area contributed by atoms with Gasteiger partial charge in [-0.05, 0) is 23.1 Å². The molecule has 1 aliphatic heterocycles. The van der Waals surface area contributed by atoms with E-state index in [1.165, 1.54) is 6.92 Å². The Balaban J connectivity index is 1.82. The summed E-state index contributed by atoms with van der Waals surface area (Å²) >= 11 is 0. The van der Waals surface area contributed by atoms with Gasteiger partial charge >= 0.3 is 6.03 Å². The summed E-state index contributed by atoms with van der Waals surface area (Å²) in [7, 11) is 0. The van der Waals surface area contributed by atoms with Crippen LogP contribution >= 0.6 is 0 Å². The number of rotatable bonds is 7. The molecule has 0 radical (unpaired) electrons. The Labute approximate surface area is 171 Å². The van der Waals surface area contributed by atoms with Gasteiger partial charge in [-0.25, -0.2) is 4.79 Å². The smallest absolute Gasteiger partial charge is 0.318 e. The quantitative estimate of drug-likeness (QED) is 0.674. The van der Waals surface area contributed by atoms with E-state index in [0.29, 0.717) is 13.1 Å². The first kappa shape index (κ1) is 20.9. The van der Waals surface area contributed by atoms with E-state index < -0.39 is 0 Å². The van der Waals surface area contributed by atoms with Gasteiger partial charge in [-0.2, -0.15) is 0 Å². The van der Waals surface area contributed by atoms with Crippen molar-refractivity contribution >= 4 is 11.9 Å². The first-order chi connectivity index (χ1) is 14.1. The van der Waals surface area contributed by atoms with E-state index in [-0.39, 0.29) is 36.5 Å². The van der Waals surface area contributed by atoms with Gasteiger partial charge in [0.25, 0.3) is 0 Å². The van der Waals surface area contributed by atoms with Crippen LogP contribution < -0.4 is 10.6 Å². The highest BCUT2D eigenvalue weighted by Crippen LogP contribution is 2.41. The van der Waals surface area contributed by atoms with Crippen molar-refractivity contribution in [1.29, 1.82) is 0 Å². The average Bonchev–Trinajstić information content (AvgIpc) is 2.72. The molecule has 2 aromatic rings. The predicted octanol–water partition coefficient (Wildman–Crippen LogP) is 2.74. The summed E-state index contributed by atoms with van der Waals surface area (Å²) in [4.78, 5) is 25.7. The molecule has 6 nitrogen and oxygen atoms in total. The van der Waals surface area contributed by atoms with Crippen LogP contribution in [0.2, 0.25) is 0 Å². The first-order valence-electron chi connectivity index (χ1n) is 10.1. The number of carbonyl (C=O) groups excluding carboxylic acids is 2. The van der Waals surface area contributed by atoms with Crippen molar-refractivity contribution in [2.75, 3.05) is 19.7 Å². The third kappa shape index (κ3) is 4.59. The Bertz CT molecular complexity index is 823. The maximum absolute atomic E-state index is 12.6. The van der Waals surface area contributed by atoms with Crippen LogP contribution in [0.25, 0.3) is 11.1 Å². The largest absolute Gasteiger partial charge is 0.394 e. The third-order valence-corrected chi connectivity index (χ3v) is 5.45. The highest BCUT2D eigenvalue weighted by Gasteiger charge is 2.51. The van der Waals surface area contributed by atoms with Gasteiger partial charge < -0.3 is 20.6 Å².